The quantitative estimate of drug-likeness (QED) is 0.0480. The van der Waals surface area contributed by atoms with E-state index in [-0.39, 0.29) is 18.7 Å². The molecule has 0 aliphatic carbocycles. The molecule has 0 fully saturated rings. The molecule has 0 unspecified atom stereocenters. The van der Waals surface area contributed by atoms with Crippen LogP contribution in [0.2, 0.25) is 0 Å². The molecule has 7 N–H and O–H groups in total. The van der Waals surface area contributed by atoms with E-state index in [1.54, 1.807) is 0 Å². The first-order chi connectivity index (χ1) is 25.9. The predicted molar refractivity (Wildman–Crippen MR) is 215 cm³/mol. The van der Waals surface area contributed by atoms with Gasteiger partial charge in [0.2, 0.25) is 17.7 Å². The number of carboxylic acids is 1. The number of carbonyl (C=O) groups is 4. The molecule has 0 saturated heterocycles. The average molecular weight is 748 g/mol. The minimum Gasteiger partial charge on any atom is -0.480 e. The summed E-state index contributed by atoms with van der Waals surface area (Å²) in [6.07, 6.45) is 3.29. The molecule has 4 aromatic carbocycles. The number of unbranched alkanes of at least 4 members (excludes halogenated alkanes) is 1. The van der Waals surface area contributed by atoms with Crippen LogP contribution in [0.5, 0.6) is 0 Å². The molecule has 1 heterocycles. The molecular formula is C43H49N5O5S. The Hall–Kier alpha value is -5.39. The van der Waals surface area contributed by atoms with E-state index < -0.39 is 45.4 Å². The lowest BCUT2D eigenvalue weighted by atomic mass is 9.84. The molecule has 5 aromatic rings. The first-order valence-electron chi connectivity index (χ1n) is 18.2. The Labute approximate surface area is 320 Å². The van der Waals surface area contributed by atoms with E-state index in [0.717, 1.165) is 33.2 Å². The van der Waals surface area contributed by atoms with E-state index in [9.17, 15) is 24.3 Å². The van der Waals surface area contributed by atoms with Gasteiger partial charge in [-0.15, -0.1) is 11.8 Å². The Kier molecular flexibility index (Phi) is 13.3. The Morgan fingerprint density at radius 3 is 1.83 bits per heavy atom. The lowest BCUT2D eigenvalue weighted by Gasteiger charge is -2.43. The number of rotatable bonds is 18. The summed E-state index contributed by atoms with van der Waals surface area (Å²) >= 11 is 1.45. The number of aromatic amines is 1. The maximum absolute atomic E-state index is 14.2. The number of amides is 3. The Bertz CT molecular complexity index is 1920. The van der Waals surface area contributed by atoms with Crippen LogP contribution in [0.4, 0.5) is 0 Å². The number of fused-ring (bicyclic) bond motifs is 1. The van der Waals surface area contributed by atoms with Gasteiger partial charge >= 0.3 is 5.97 Å². The van der Waals surface area contributed by atoms with Gasteiger partial charge in [-0.25, -0.2) is 4.79 Å². The van der Waals surface area contributed by atoms with Gasteiger partial charge in [-0.05, 0) is 67.9 Å². The molecule has 0 bridgehead atoms. The van der Waals surface area contributed by atoms with Gasteiger partial charge in [0, 0.05) is 35.3 Å². The van der Waals surface area contributed by atoms with E-state index >= 15 is 0 Å². The molecule has 3 amide bonds. The monoisotopic (exact) mass is 747 g/mol. The molecule has 0 radical (unpaired) electrons. The van der Waals surface area contributed by atoms with Crippen molar-refractivity contribution in [3.05, 3.63) is 144 Å². The smallest absolute Gasteiger partial charge is 0.327 e. The maximum Gasteiger partial charge on any atom is 0.327 e. The molecule has 11 heteroatoms. The van der Waals surface area contributed by atoms with Gasteiger partial charge in [0.1, 0.15) is 12.1 Å². The number of carboxylic acid groups (broad SMARTS) is 1. The van der Waals surface area contributed by atoms with Crippen LogP contribution in [-0.2, 0) is 30.3 Å². The number of aliphatic carboxylic acids is 1. The van der Waals surface area contributed by atoms with E-state index in [1.807, 2.05) is 135 Å². The molecule has 10 nitrogen and oxygen atoms in total. The zero-order valence-electron chi connectivity index (χ0n) is 30.9. The molecule has 0 aliphatic heterocycles. The first-order valence-corrected chi connectivity index (χ1v) is 19.0. The van der Waals surface area contributed by atoms with Crippen LogP contribution in [0, 0.1) is 0 Å². The van der Waals surface area contributed by atoms with Crippen molar-refractivity contribution in [2.45, 2.75) is 74.1 Å². The van der Waals surface area contributed by atoms with Crippen molar-refractivity contribution in [1.29, 1.82) is 0 Å². The lowest BCUT2D eigenvalue weighted by Crippen LogP contribution is -2.59. The predicted octanol–water partition coefficient (Wildman–Crippen LogP) is 5.90. The second-order valence-electron chi connectivity index (χ2n) is 14.0. The maximum atomic E-state index is 14.2. The summed E-state index contributed by atoms with van der Waals surface area (Å²) in [6.45, 7) is 5.47. The third-order valence-electron chi connectivity index (χ3n) is 9.56. The first kappa shape index (κ1) is 39.8. The second-order valence-corrected chi connectivity index (χ2v) is 15.8. The Balaban J connectivity index is 1.42. The highest BCUT2D eigenvalue weighted by atomic mass is 32.2. The number of hydrogen-bond acceptors (Lipinski definition) is 6. The van der Waals surface area contributed by atoms with E-state index in [0.29, 0.717) is 19.4 Å². The van der Waals surface area contributed by atoms with Crippen LogP contribution in [0.15, 0.2) is 121 Å². The molecule has 0 spiro atoms. The summed E-state index contributed by atoms with van der Waals surface area (Å²) in [5.74, 6) is -2.54. The van der Waals surface area contributed by atoms with Gasteiger partial charge in [0.15, 0.2) is 0 Å². The van der Waals surface area contributed by atoms with Gasteiger partial charge in [0.05, 0.1) is 10.8 Å². The normalized spacial score (nSPS) is 13.4. The molecule has 0 saturated carbocycles. The number of hydrogen-bond donors (Lipinski definition) is 6. The molecule has 3 atom stereocenters. The third-order valence-corrected chi connectivity index (χ3v) is 11.3. The number of benzene rings is 4. The standard InChI is InChI=1S/C43H49N5O5S/c1-29(49)45-26-16-15-25-37(47-39(50)35(44)27-30-28-46-36-24-14-13-23-34(30)36)40(51)48-38(41(52)53)42(2,3)54-43(31-17-7-4-8-18-31,32-19-9-5-10-20-32)33-21-11-6-12-22-33/h4-14,17-24,28,35,37-38,46H,15-16,25-27,44H2,1-3H3,(H,45,49)(H,47,50)(H,48,51)(H,52,53)/t35-,37-,38+/m0/s1. The number of nitrogens with one attached hydrogen (secondary N) is 4. The minimum atomic E-state index is -1.37. The summed E-state index contributed by atoms with van der Waals surface area (Å²) < 4.78 is -1.98. The fourth-order valence-electron chi connectivity index (χ4n) is 6.84. The zero-order chi connectivity index (χ0) is 38.7. The van der Waals surface area contributed by atoms with E-state index in [2.05, 4.69) is 20.9 Å². The van der Waals surface area contributed by atoms with Gasteiger partial charge in [-0.1, -0.05) is 109 Å². The van der Waals surface area contributed by atoms with Crippen LogP contribution in [0.1, 0.15) is 62.3 Å². The summed E-state index contributed by atoms with van der Waals surface area (Å²) in [5, 5.41) is 20.1. The third kappa shape index (κ3) is 9.58. The van der Waals surface area contributed by atoms with Gasteiger partial charge < -0.3 is 31.8 Å². The highest BCUT2D eigenvalue weighted by molar-refractivity contribution is 8.02. The summed E-state index contributed by atoms with van der Waals surface area (Å²) in [4.78, 5) is 55.6. The van der Waals surface area contributed by atoms with Crippen LogP contribution < -0.4 is 21.7 Å². The summed E-state index contributed by atoms with van der Waals surface area (Å²) in [7, 11) is 0. The Morgan fingerprint density at radius 2 is 1.30 bits per heavy atom. The molecule has 1 aromatic heterocycles. The molecular weight excluding hydrogens is 699 g/mol. The van der Waals surface area contributed by atoms with Crippen LogP contribution in [0.25, 0.3) is 10.9 Å². The van der Waals surface area contributed by atoms with Crippen molar-refractivity contribution in [3.63, 3.8) is 0 Å². The largest absolute Gasteiger partial charge is 0.480 e. The van der Waals surface area contributed by atoms with Crippen molar-refractivity contribution in [2.75, 3.05) is 6.54 Å². The van der Waals surface area contributed by atoms with Crippen LogP contribution in [0.3, 0.4) is 0 Å². The fraction of sp³-hybridized carbons (Fsp3) is 0.302. The van der Waals surface area contributed by atoms with Gasteiger partial charge in [-0.2, -0.15) is 0 Å². The fourth-order valence-corrected chi connectivity index (χ4v) is 8.67. The minimum absolute atomic E-state index is 0.164. The van der Waals surface area contributed by atoms with E-state index in [1.165, 1.54) is 18.7 Å². The van der Waals surface area contributed by atoms with Crippen molar-refractivity contribution < 1.29 is 24.3 Å². The average Bonchev–Trinajstić information content (AvgIpc) is 3.58. The number of H-pyrrole nitrogens is 1. The molecule has 54 heavy (non-hydrogen) atoms. The van der Waals surface area contributed by atoms with E-state index in [4.69, 9.17) is 5.73 Å². The molecule has 0 aliphatic rings. The van der Waals surface area contributed by atoms with Gasteiger partial charge in [-0.3, -0.25) is 14.4 Å². The van der Waals surface area contributed by atoms with Crippen molar-refractivity contribution in [2.24, 2.45) is 5.73 Å². The lowest BCUT2D eigenvalue weighted by molar-refractivity contribution is -0.143. The van der Waals surface area contributed by atoms with Crippen LogP contribution >= 0.6 is 11.8 Å². The second kappa shape index (κ2) is 18.1. The Morgan fingerprint density at radius 1 is 0.759 bits per heavy atom. The number of aromatic nitrogens is 1. The zero-order valence-corrected chi connectivity index (χ0v) is 31.7. The molecule has 282 valence electrons. The highest BCUT2D eigenvalue weighted by Gasteiger charge is 2.48. The number of para-hydroxylation sites is 1. The van der Waals surface area contributed by atoms with Crippen molar-refractivity contribution in [1.82, 2.24) is 20.9 Å². The topological polar surface area (TPSA) is 166 Å². The van der Waals surface area contributed by atoms with Crippen molar-refractivity contribution >= 4 is 46.4 Å². The number of thioether (sulfide) groups is 1. The summed E-state index contributed by atoms with van der Waals surface area (Å²) in [6, 6.07) is 34.1. The summed E-state index contributed by atoms with van der Waals surface area (Å²) in [5.41, 5.74) is 11.0. The molecule has 5 rings (SSSR count). The highest BCUT2D eigenvalue weighted by Crippen LogP contribution is 2.54. The van der Waals surface area contributed by atoms with Crippen LogP contribution in [-0.4, -0.2) is 63.2 Å². The van der Waals surface area contributed by atoms with Gasteiger partial charge in [0.25, 0.3) is 0 Å². The number of carbonyl (C=O) groups excluding carboxylic acids is 3. The SMILES string of the molecule is CC(=O)NCCCC[C@H](NC(=O)[C@@H](N)Cc1c[nH]c2ccccc12)C(=O)N[C@H](C(=O)O)C(C)(C)SC(c1ccccc1)(c1ccccc1)c1ccccc1. The van der Waals surface area contributed by atoms with Crippen molar-refractivity contribution in [3.8, 4) is 0 Å². The number of nitrogens with two attached hydrogens (primary N) is 1.